The number of amides is 1. The Balaban J connectivity index is 2.69. The fourth-order valence-corrected chi connectivity index (χ4v) is 2.25. The van der Waals surface area contributed by atoms with E-state index in [1.165, 1.54) is 0 Å². The third kappa shape index (κ3) is 4.93. The molecule has 0 radical (unpaired) electrons. The number of nitrogens with two attached hydrogens (primary N) is 1. The fraction of sp³-hybridized carbons (Fsp3) is 0.562. The summed E-state index contributed by atoms with van der Waals surface area (Å²) in [5.74, 6) is 1.50. The van der Waals surface area contributed by atoms with Crippen LogP contribution in [0, 0.1) is 5.92 Å². The molecule has 1 amide bonds. The summed E-state index contributed by atoms with van der Waals surface area (Å²) < 4.78 is 10.5. The SMILES string of the molecule is COc1ccc(CN(C)C(=O)C(C)CCCN)cc1OC. The van der Waals surface area contributed by atoms with Crippen molar-refractivity contribution in [1.29, 1.82) is 0 Å². The van der Waals surface area contributed by atoms with E-state index in [4.69, 9.17) is 15.2 Å². The first-order valence-corrected chi connectivity index (χ1v) is 7.19. The molecule has 0 aliphatic rings. The number of nitrogens with zero attached hydrogens (tertiary/aromatic N) is 1. The molecule has 5 heteroatoms. The monoisotopic (exact) mass is 294 g/mol. The van der Waals surface area contributed by atoms with Crippen LogP contribution in [0.3, 0.4) is 0 Å². The van der Waals surface area contributed by atoms with Crippen molar-refractivity contribution in [2.45, 2.75) is 26.3 Å². The minimum Gasteiger partial charge on any atom is -0.493 e. The van der Waals surface area contributed by atoms with Gasteiger partial charge in [-0.1, -0.05) is 13.0 Å². The molecular formula is C16H26N2O3. The topological polar surface area (TPSA) is 64.8 Å². The molecule has 21 heavy (non-hydrogen) atoms. The Labute approximate surface area is 127 Å². The van der Waals surface area contributed by atoms with Gasteiger partial charge in [-0.3, -0.25) is 4.79 Å². The van der Waals surface area contributed by atoms with Crippen LogP contribution >= 0.6 is 0 Å². The number of methoxy groups -OCH3 is 2. The molecule has 0 aliphatic heterocycles. The summed E-state index contributed by atoms with van der Waals surface area (Å²) in [5.41, 5.74) is 6.49. The molecule has 0 saturated carbocycles. The van der Waals surface area contributed by atoms with E-state index in [1.54, 1.807) is 19.1 Å². The van der Waals surface area contributed by atoms with Crippen LogP contribution in [0.1, 0.15) is 25.3 Å². The largest absolute Gasteiger partial charge is 0.493 e. The van der Waals surface area contributed by atoms with Crippen molar-refractivity contribution in [2.75, 3.05) is 27.8 Å². The third-order valence-electron chi connectivity index (χ3n) is 3.51. The number of hydrogen-bond donors (Lipinski definition) is 1. The molecule has 1 aromatic carbocycles. The quantitative estimate of drug-likeness (QED) is 0.797. The van der Waals surface area contributed by atoms with Crippen LogP contribution in [0.4, 0.5) is 0 Å². The molecule has 0 bridgehead atoms. The maximum Gasteiger partial charge on any atom is 0.225 e. The lowest BCUT2D eigenvalue weighted by atomic mass is 10.0. The first-order valence-electron chi connectivity index (χ1n) is 7.19. The van der Waals surface area contributed by atoms with Gasteiger partial charge in [0, 0.05) is 19.5 Å². The van der Waals surface area contributed by atoms with E-state index in [9.17, 15) is 4.79 Å². The van der Waals surface area contributed by atoms with Crippen LogP contribution in [0.25, 0.3) is 0 Å². The van der Waals surface area contributed by atoms with Crippen LogP contribution in [0.5, 0.6) is 11.5 Å². The summed E-state index contributed by atoms with van der Waals surface area (Å²) in [7, 11) is 5.02. The molecule has 0 aromatic heterocycles. The fourth-order valence-electron chi connectivity index (χ4n) is 2.25. The number of benzene rings is 1. The standard InChI is InChI=1S/C16H26N2O3/c1-12(6-5-9-17)16(19)18(2)11-13-7-8-14(20-3)15(10-13)21-4/h7-8,10,12H,5-6,9,11,17H2,1-4H3. The van der Waals surface area contributed by atoms with Gasteiger partial charge in [0.15, 0.2) is 11.5 Å². The summed E-state index contributed by atoms with van der Waals surface area (Å²) >= 11 is 0. The lowest BCUT2D eigenvalue weighted by molar-refractivity contribution is -0.134. The zero-order chi connectivity index (χ0) is 15.8. The summed E-state index contributed by atoms with van der Waals surface area (Å²) in [6, 6.07) is 5.69. The molecule has 1 rings (SSSR count). The van der Waals surface area contributed by atoms with Gasteiger partial charge in [-0.2, -0.15) is 0 Å². The lowest BCUT2D eigenvalue weighted by Gasteiger charge is -2.22. The van der Waals surface area contributed by atoms with E-state index in [0.29, 0.717) is 24.6 Å². The third-order valence-corrected chi connectivity index (χ3v) is 3.51. The van der Waals surface area contributed by atoms with Crippen LogP contribution in [-0.2, 0) is 11.3 Å². The van der Waals surface area contributed by atoms with Crippen molar-refractivity contribution in [2.24, 2.45) is 11.7 Å². The average Bonchev–Trinajstić information content (AvgIpc) is 2.51. The highest BCUT2D eigenvalue weighted by Crippen LogP contribution is 2.28. The van der Waals surface area contributed by atoms with Gasteiger partial charge in [0.1, 0.15) is 0 Å². The zero-order valence-corrected chi connectivity index (χ0v) is 13.4. The summed E-state index contributed by atoms with van der Waals surface area (Å²) in [5, 5.41) is 0. The van der Waals surface area contributed by atoms with E-state index in [1.807, 2.05) is 32.2 Å². The molecule has 2 N–H and O–H groups in total. The van der Waals surface area contributed by atoms with Gasteiger partial charge in [0.2, 0.25) is 5.91 Å². The first kappa shape index (κ1) is 17.3. The minimum atomic E-state index is -0.00121. The second-order valence-corrected chi connectivity index (χ2v) is 5.22. The normalized spacial score (nSPS) is 11.9. The highest BCUT2D eigenvalue weighted by molar-refractivity contribution is 5.78. The molecule has 0 fully saturated rings. The van der Waals surface area contributed by atoms with Gasteiger partial charge < -0.3 is 20.1 Å². The molecule has 118 valence electrons. The Bertz CT molecular complexity index is 463. The van der Waals surface area contributed by atoms with Crippen molar-refractivity contribution >= 4 is 5.91 Å². The molecule has 0 aliphatic carbocycles. The van der Waals surface area contributed by atoms with E-state index >= 15 is 0 Å². The van der Waals surface area contributed by atoms with Gasteiger partial charge in [0.05, 0.1) is 14.2 Å². The van der Waals surface area contributed by atoms with E-state index in [0.717, 1.165) is 18.4 Å². The highest BCUT2D eigenvalue weighted by atomic mass is 16.5. The second kappa shape index (κ2) is 8.52. The molecule has 1 atom stereocenters. The van der Waals surface area contributed by atoms with E-state index in [2.05, 4.69) is 0 Å². The van der Waals surface area contributed by atoms with Crippen molar-refractivity contribution in [1.82, 2.24) is 4.90 Å². The van der Waals surface area contributed by atoms with Crippen molar-refractivity contribution in [3.63, 3.8) is 0 Å². The number of carbonyl (C=O) groups is 1. The molecule has 0 spiro atoms. The summed E-state index contributed by atoms with van der Waals surface area (Å²) in [6.07, 6.45) is 1.70. The van der Waals surface area contributed by atoms with Gasteiger partial charge in [-0.25, -0.2) is 0 Å². The van der Waals surface area contributed by atoms with Gasteiger partial charge in [-0.15, -0.1) is 0 Å². The number of carbonyl (C=O) groups excluding carboxylic acids is 1. The van der Waals surface area contributed by atoms with Gasteiger partial charge in [0.25, 0.3) is 0 Å². The van der Waals surface area contributed by atoms with Crippen molar-refractivity contribution in [3.05, 3.63) is 23.8 Å². The highest BCUT2D eigenvalue weighted by Gasteiger charge is 2.17. The van der Waals surface area contributed by atoms with Crippen molar-refractivity contribution < 1.29 is 14.3 Å². The molecule has 0 saturated heterocycles. The molecular weight excluding hydrogens is 268 g/mol. The second-order valence-electron chi connectivity index (χ2n) is 5.22. The van der Waals surface area contributed by atoms with Gasteiger partial charge in [-0.05, 0) is 37.1 Å². The number of ether oxygens (including phenoxy) is 2. The summed E-state index contributed by atoms with van der Waals surface area (Å²) in [6.45, 7) is 3.12. The lowest BCUT2D eigenvalue weighted by Crippen LogP contribution is -2.31. The smallest absolute Gasteiger partial charge is 0.225 e. The Hall–Kier alpha value is -1.75. The van der Waals surface area contributed by atoms with Crippen LogP contribution in [0.15, 0.2) is 18.2 Å². The van der Waals surface area contributed by atoms with Gasteiger partial charge >= 0.3 is 0 Å². The van der Waals surface area contributed by atoms with E-state index < -0.39 is 0 Å². The predicted molar refractivity (Wildman–Crippen MR) is 83.5 cm³/mol. The zero-order valence-electron chi connectivity index (χ0n) is 13.4. The van der Waals surface area contributed by atoms with Crippen LogP contribution < -0.4 is 15.2 Å². The van der Waals surface area contributed by atoms with Crippen LogP contribution in [0.2, 0.25) is 0 Å². The molecule has 0 heterocycles. The Morgan fingerprint density at radius 2 is 1.95 bits per heavy atom. The average molecular weight is 294 g/mol. The Morgan fingerprint density at radius 1 is 1.29 bits per heavy atom. The number of hydrogen-bond acceptors (Lipinski definition) is 4. The first-order chi connectivity index (χ1) is 10.0. The Kier molecular flexibility index (Phi) is 7.02. The molecule has 1 unspecified atom stereocenters. The maximum atomic E-state index is 12.3. The minimum absolute atomic E-state index is 0.00121. The number of rotatable bonds is 8. The predicted octanol–water partition coefficient (Wildman–Crippen LogP) is 2.04. The summed E-state index contributed by atoms with van der Waals surface area (Å²) in [4.78, 5) is 14.0. The van der Waals surface area contributed by atoms with E-state index in [-0.39, 0.29) is 11.8 Å². The van der Waals surface area contributed by atoms with Crippen molar-refractivity contribution in [3.8, 4) is 11.5 Å². The molecule has 5 nitrogen and oxygen atoms in total. The molecule has 1 aromatic rings. The maximum absolute atomic E-state index is 12.3. The Morgan fingerprint density at radius 3 is 2.52 bits per heavy atom. The van der Waals surface area contributed by atoms with Crippen LogP contribution in [-0.4, -0.2) is 38.6 Å².